The zero-order chi connectivity index (χ0) is 13.2. The number of benzene rings is 1. The van der Waals surface area contributed by atoms with Crippen molar-refractivity contribution in [3.63, 3.8) is 0 Å². The molecule has 1 aromatic carbocycles. The van der Waals surface area contributed by atoms with Crippen molar-refractivity contribution in [1.29, 1.82) is 0 Å². The molecule has 0 N–H and O–H groups in total. The third-order valence-electron chi connectivity index (χ3n) is 3.91. The molecule has 2 heterocycles. The second-order valence-electron chi connectivity index (χ2n) is 5.16. The molecule has 0 bridgehead atoms. The van der Waals surface area contributed by atoms with E-state index in [9.17, 15) is 0 Å². The van der Waals surface area contributed by atoms with E-state index >= 15 is 0 Å². The van der Waals surface area contributed by atoms with Gasteiger partial charge in [0.1, 0.15) is 12.7 Å². The fourth-order valence-corrected chi connectivity index (χ4v) is 2.94. The Morgan fingerprint density at radius 2 is 2.42 bits per heavy atom. The summed E-state index contributed by atoms with van der Waals surface area (Å²) in [6.07, 6.45) is 6.26. The van der Waals surface area contributed by atoms with E-state index in [2.05, 4.69) is 42.0 Å². The van der Waals surface area contributed by atoms with Gasteiger partial charge in [0.15, 0.2) is 0 Å². The van der Waals surface area contributed by atoms with Gasteiger partial charge in [-0.05, 0) is 13.3 Å². The molecule has 0 spiro atoms. The SMILES string of the molecule is CB1c2c(C)cccc2CC1/N=C/Cn1cncn1. The highest BCUT2D eigenvalue weighted by Gasteiger charge is 2.32. The van der Waals surface area contributed by atoms with Crippen molar-refractivity contribution in [2.24, 2.45) is 4.99 Å². The maximum Gasteiger partial charge on any atom is 0.202 e. The first-order valence-electron chi connectivity index (χ1n) is 6.68. The van der Waals surface area contributed by atoms with Gasteiger partial charge in [-0.15, -0.1) is 0 Å². The van der Waals surface area contributed by atoms with Crippen LogP contribution in [0.1, 0.15) is 11.1 Å². The fourth-order valence-electron chi connectivity index (χ4n) is 2.94. The first-order chi connectivity index (χ1) is 9.25. The topological polar surface area (TPSA) is 43.1 Å². The summed E-state index contributed by atoms with van der Waals surface area (Å²) < 4.78 is 1.78. The van der Waals surface area contributed by atoms with Crippen LogP contribution in [0.2, 0.25) is 6.82 Å². The molecule has 1 aliphatic heterocycles. The highest BCUT2D eigenvalue weighted by molar-refractivity contribution is 6.75. The summed E-state index contributed by atoms with van der Waals surface area (Å²) in [4.78, 5) is 8.64. The molecule has 0 saturated carbocycles. The molecule has 96 valence electrons. The monoisotopic (exact) mass is 252 g/mol. The standard InChI is InChI=1S/C14H17BN4/c1-11-4-3-5-12-8-13(15(2)14(11)12)17-6-7-19-10-16-9-18-19/h3-6,9-10,13H,7-8H2,1-2H3/b17-6+. The van der Waals surface area contributed by atoms with Crippen LogP contribution < -0.4 is 5.46 Å². The van der Waals surface area contributed by atoms with Gasteiger partial charge in [-0.3, -0.25) is 4.99 Å². The Morgan fingerprint density at radius 1 is 1.53 bits per heavy atom. The van der Waals surface area contributed by atoms with Crippen LogP contribution in [0.25, 0.3) is 0 Å². The van der Waals surface area contributed by atoms with Crippen LogP contribution in [-0.2, 0) is 13.0 Å². The quantitative estimate of drug-likeness (QED) is 0.607. The molecular weight excluding hydrogens is 235 g/mol. The van der Waals surface area contributed by atoms with Gasteiger partial charge in [0.2, 0.25) is 6.71 Å². The van der Waals surface area contributed by atoms with Crippen molar-refractivity contribution in [3.8, 4) is 0 Å². The van der Waals surface area contributed by atoms with Crippen LogP contribution in [0, 0.1) is 6.92 Å². The molecule has 0 amide bonds. The smallest absolute Gasteiger partial charge is 0.202 e. The highest BCUT2D eigenvalue weighted by atomic mass is 15.3. The molecule has 1 aliphatic rings. The lowest BCUT2D eigenvalue weighted by Gasteiger charge is -2.09. The maximum atomic E-state index is 4.72. The molecule has 0 saturated heterocycles. The summed E-state index contributed by atoms with van der Waals surface area (Å²) in [5, 5.41) is 4.07. The summed E-state index contributed by atoms with van der Waals surface area (Å²) >= 11 is 0. The minimum atomic E-state index is 0.361. The van der Waals surface area contributed by atoms with E-state index < -0.39 is 0 Å². The predicted molar refractivity (Wildman–Crippen MR) is 78.4 cm³/mol. The highest BCUT2D eigenvalue weighted by Crippen LogP contribution is 2.18. The summed E-state index contributed by atoms with van der Waals surface area (Å²) in [5.74, 6) is 0.361. The zero-order valence-electron chi connectivity index (χ0n) is 11.3. The van der Waals surface area contributed by atoms with E-state index in [-0.39, 0.29) is 0 Å². The summed E-state index contributed by atoms with van der Waals surface area (Å²) in [7, 11) is 0. The number of rotatable bonds is 3. The molecule has 0 radical (unpaired) electrons. The fraction of sp³-hybridized carbons (Fsp3) is 0.357. The molecule has 1 aromatic heterocycles. The van der Waals surface area contributed by atoms with Crippen LogP contribution in [0.15, 0.2) is 35.8 Å². The Balaban J connectivity index is 1.72. The van der Waals surface area contributed by atoms with Crippen LogP contribution >= 0.6 is 0 Å². The van der Waals surface area contributed by atoms with Crippen LogP contribution in [-0.4, -0.2) is 33.6 Å². The zero-order valence-corrected chi connectivity index (χ0v) is 11.3. The summed E-state index contributed by atoms with van der Waals surface area (Å²) in [6, 6.07) is 6.56. The Hall–Kier alpha value is -1.91. The number of aliphatic imine (C=N–C) groups is 1. The van der Waals surface area contributed by atoms with Gasteiger partial charge < -0.3 is 0 Å². The van der Waals surface area contributed by atoms with Crippen molar-refractivity contribution in [3.05, 3.63) is 42.0 Å². The van der Waals surface area contributed by atoms with E-state index in [0.29, 0.717) is 19.2 Å². The average Bonchev–Trinajstić information content (AvgIpc) is 3.00. The molecule has 4 nitrogen and oxygen atoms in total. The number of nitrogens with zero attached hydrogens (tertiary/aromatic N) is 4. The minimum Gasteiger partial charge on any atom is -0.300 e. The van der Waals surface area contributed by atoms with Gasteiger partial charge in [-0.2, -0.15) is 5.10 Å². The molecule has 1 unspecified atom stereocenters. The normalized spacial score (nSPS) is 18.2. The van der Waals surface area contributed by atoms with Crippen LogP contribution in [0.3, 0.4) is 0 Å². The van der Waals surface area contributed by atoms with E-state index in [1.54, 1.807) is 17.3 Å². The largest absolute Gasteiger partial charge is 0.300 e. The predicted octanol–water partition coefficient (Wildman–Crippen LogP) is 1.15. The molecule has 5 heteroatoms. The Morgan fingerprint density at radius 3 is 3.16 bits per heavy atom. The number of hydrogen-bond donors (Lipinski definition) is 0. The molecule has 1 atom stereocenters. The molecular formula is C14H17BN4. The van der Waals surface area contributed by atoms with Crippen molar-refractivity contribution in [2.45, 2.75) is 32.7 Å². The number of fused-ring (bicyclic) bond motifs is 1. The van der Waals surface area contributed by atoms with E-state index in [0.717, 1.165) is 6.42 Å². The first kappa shape index (κ1) is 12.1. The molecule has 19 heavy (non-hydrogen) atoms. The van der Waals surface area contributed by atoms with Gasteiger partial charge in [0.05, 0.1) is 6.54 Å². The minimum absolute atomic E-state index is 0.361. The number of hydrogen-bond acceptors (Lipinski definition) is 3. The molecule has 3 rings (SSSR count). The van der Waals surface area contributed by atoms with Crippen LogP contribution in [0.5, 0.6) is 0 Å². The van der Waals surface area contributed by atoms with Gasteiger partial charge in [-0.25, -0.2) is 9.67 Å². The van der Waals surface area contributed by atoms with Crippen LogP contribution in [0.4, 0.5) is 0 Å². The van der Waals surface area contributed by atoms with Gasteiger partial charge >= 0.3 is 0 Å². The number of aromatic nitrogens is 3. The van der Waals surface area contributed by atoms with Crippen molar-refractivity contribution < 1.29 is 0 Å². The van der Waals surface area contributed by atoms with Crippen molar-refractivity contribution in [2.75, 3.05) is 0 Å². The molecule has 0 aliphatic carbocycles. The second kappa shape index (κ2) is 5.00. The third-order valence-corrected chi connectivity index (χ3v) is 3.91. The van der Waals surface area contributed by atoms with Gasteiger partial charge in [0, 0.05) is 12.2 Å². The lowest BCUT2D eigenvalue weighted by Crippen LogP contribution is -2.34. The Labute approximate surface area is 113 Å². The lowest BCUT2D eigenvalue weighted by atomic mass is 9.44. The molecule has 0 fully saturated rings. The number of aryl methyl sites for hydroxylation is 1. The summed E-state index contributed by atoms with van der Waals surface area (Å²) in [5.41, 5.74) is 4.33. The Bertz CT molecular complexity index is 591. The van der Waals surface area contributed by atoms with E-state index in [4.69, 9.17) is 4.99 Å². The summed E-state index contributed by atoms with van der Waals surface area (Å²) in [6.45, 7) is 5.66. The van der Waals surface area contributed by atoms with Crippen molar-refractivity contribution >= 4 is 18.4 Å². The van der Waals surface area contributed by atoms with Gasteiger partial charge in [0.25, 0.3) is 0 Å². The van der Waals surface area contributed by atoms with E-state index in [1.807, 2.05) is 6.21 Å². The van der Waals surface area contributed by atoms with Gasteiger partial charge in [-0.1, -0.05) is 41.6 Å². The first-order valence-corrected chi connectivity index (χ1v) is 6.68. The van der Waals surface area contributed by atoms with Crippen molar-refractivity contribution in [1.82, 2.24) is 14.8 Å². The maximum absolute atomic E-state index is 4.72. The second-order valence-corrected chi connectivity index (χ2v) is 5.16. The average molecular weight is 252 g/mol. The molecule has 2 aromatic rings. The third kappa shape index (κ3) is 2.32. The van der Waals surface area contributed by atoms with E-state index in [1.165, 1.54) is 16.6 Å². The Kier molecular flexibility index (Phi) is 3.19. The lowest BCUT2D eigenvalue weighted by molar-refractivity contribution is 0.725.